The molecule has 0 saturated carbocycles. The zero-order valence-corrected chi connectivity index (χ0v) is 27.6. The predicted octanol–water partition coefficient (Wildman–Crippen LogP) is 0.876. The normalized spacial score (nSPS) is 29.6. The summed E-state index contributed by atoms with van der Waals surface area (Å²) in [6.07, 6.45) is -1.30. The van der Waals surface area contributed by atoms with Crippen molar-refractivity contribution in [2.24, 2.45) is 11.8 Å². The average molecular weight is 693 g/mol. The van der Waals surface area contributed by atoms with Gasteiger partial charge < -0.3 is 29.9 Å². The van der Waals surface area contributed by atoms with Crippen LogP contribution in [0.25, 0.3) is 0 Å². The minimum absolute atomic E-state index is 0.0459. The monoisotopic (exact) mass is 692 g/mol. The van der Waals surface area contributed by atoms with Gasteiger partial charge in [-0.25, -0.2) is 15.8 Å². The minimum Gasteiger partial charge on any atom is -0.430 e. The summed E-state index contributed by atoms with van der Waals surface area (Å²) in [6, 6.07) is 17.9. The highest BCUT2D eigenvalue weighted by Gasteiger charge is 2.45. The van der Waals surface area contributed by atoms with Gasteiger partial charge in [0, 0.05) is 51.1 Å². The second-order valence-electron chi connectivity index (χ2n) is 13.5. The lowest BCUT2D eigenvalue weighted by atomic mass is 9.87. The third-order valence-electron chi connectivity index (χ3n) is 10.5. The number of hydrogen-bond acceptors (Lipinski definition) is 11. The molecule has 4 aliphatic rings. The van der Waals surface area contributed by atoms with E-state index in [2.05, 4.69) is 10.6 Å². The summed E-state index contributed by atoms with van der Waals surface area (Å²) in [6.45, 7) is 2.19. The summed E-state index contributed by atoms with van der Waals surface area (Å²) in [7, 11) is 0. The number of rotatable bonds is 8. The molecule has 2 aromatic carbocycles. The second kappa shape index (κ2) is 16.0. The first-order chi connectivity index (χ1) is 24.2. The van der Waals surface area contributed by atoms with Crippen molar-refractivity contribution in [3.05, 3.63) is 71.8 Å². The van der Waals surface area contributed by atoms with Crippen LogP contribution in [0.15, 0.2) is 60.7 Å². The molecular formula is C35H44N6O9. The smallest absolute Gasteiger partial charge is 0.430 e. The van der Waals surface area contributed by atoms with E-state index < -0.39 is 54.1 Å². The molecule has 15 nitrogen and oxygen atoms in total. The highest BCUT2D eigenvalue weighted by molar-refractivity contribution is 5.91. The fourth-order valence-electron chi connectivity index (χ4n) is 7.80. The van der Waals surface area contributed by atoms with Crippen LogP contribution in [0.5, 0.6) is 0 Å². The van der Waals surface area contributed by atoms with Gasteiger partial charge in [0.1, 0.15) is 12.2 Å². The van der Waals surface area contributed by atoms with E-state index in [1.807, 2.05) is 60.7 Å². The molecule has 0 unspecified atom stereocenters. The molecule has 4 heterocycles. The molecule has 0 bridgehead atoms. The summed E-state index contributed by atoms with van der Waals surface area (Å²) < 4.78 is 11.0. The van der Waals surface area contributed by atoms with Crippen LogP contribution in [0, 0.1) is 11.8 Å². The molecule has 0 spiro atoms. The Morgan fingerprint density at radius 2 is 1.04 bits per heavy atom. The number of carbonyl (C=O) groups excluding carboxylic acids is 5. The standard InChI is InChI=1S/C35H44N6O9/c42-31(38-47)27-15-25(17-36-29(27)33(44)40-13-11-23(19-40)21-7-3-1-4-8-21)49-35(46)50-26-16-28(32(43)39-48)30(37-18-26)34(45)41-14-12-24(20-41)22-9-5-2-6-10-22/h1-10,23-30,36-37,47-48H,11-20H2,(H,38,42)(H,39,43)/t23-,24-,25-,26-,27-,28-,29-,30-/m0/s1. The van der Waals surface area contributed by atoms with E-state index in [9.17, 15) is 34.4 Å². The Balaban J connectivity index is 1.01. The van der Waals surface area contributed by atoms with Crippen LogP contribution in [0.2, 0.25) is 0 Å². The Labute approximate surface area is 289 Å². The van der Waals surface area contributed by atoms with Crippen LogP contribution in [0.1, 0.15) is 48.6 Å². The van der Waals surface area contributed by atoms with Crippen molar-refractivity contribution in [3.63, 3.8) is 0 Å². The van der Waals surface area contributed by atoms with Crippen LogP contribution >= 0.6 is 0 Å². The van der Waals surface area contributed by atoms with Gasteiger partial charge in [-0.3, -0.25) is 29.6 Å². The molecule has 268 valence electrons. The molecule has 4 amide bonds. The predicted molar refractivity (Wildman–Crippen MR) is 176 cm³/mol. The third kappa shape index (κ3) is 7.91. The Morgan fingerprint density at radius 1 is 0.640 bits per heavy atom. The Hall–Kier alpha value is -4.57. The van der Waals surface area contributed by atoms with Crippen molar-refractivity contribution in [2.75, 3.05) is 39.3 Å². The first-order valence-corrected chi connectivity index (χ1v) is 17.1. The van der Waals surface area contributed by atoms with Gasteiger partial charge >= 0.3 is 6.16 Å². The van der Waals surface area contributed by atoms with Gasteiger partial charge in [0.25, 0.3) is 0 Å². The molecule has 0 aliphatic carbocycles. The fraction of sp³-hybridized carbons (Fsp3) is 0.514. The maximum Gasteiger partial charge on any atom is 0.508 e. The molecule has 6 N–H and O–H groups in total. The summed E-state index contributed by atoms with van der Waals surface area (Å²) in [4.78, 5) is 68.8. The van der Waals surface area contributed by atoms with Crippen molar-refractivity contribution in [1.29, 1.82) is 0 Å². The first-order valence-electron chi connectivity index (χ1n) is 17.1. The highest BCUT2D eigenvalue weighted by Crippen LogP contribution is 2.31. The second-order valence-corrected chi connectivity index (χ2v) is 13.5. The van der Waals surface area contributed by atoms with Gasteiger partial charge in [-0.2, -0.15) is 0 Å². The fourth-order valence-corrected chi connectivity index (χ4v) is 7.80. The number of ether oxygens (including phenoxy) is 2. The lowest BCUT2D eigenvalue weighted by Crippen LogP contribution is -2.60. The Bertz CT molecular complexity index is 1420. The molecule has 0 radical (unpaired) electrons. The number of hydroxylamine groups is 2. The maximum atomic E-state index is 13.5. The number of benzene rings is 2. The van der Waals surface area contributed by atoms with Gasteiger partial charge in [0.2, 0.25) is 23.6 Å². The summed E-state index contributed by atoms with van der Waals surface area (Å²) in [5.74, 6) is -3.80. The molecule has 4 saturated heterocycles. The van der Waals surface area contributed by atoms with E-state index in [1.165, 1.54) is 0 Å². The van der Waals surface area contributed by atoms with Crippen molar-refractivity contribution >= 4 is 29.8 Å². The average Bonchev–Trinajstić information content (AvgIpc) is 3.86. The molecule has 6 rings (SSSR count). The van der Waals surface area contributed by atoms with Crippen molar-refractivity contribution in [3.8, 4) is 0 Å². The third-order valence-corrected chi connectivity index (χ3v) is 10.5. The van der Waals surface area contributed by atoms with E-state index in [0.717, 1.165) is 24.0 Å². The van der Waals surface area contributed by atoms with Gasteiger partial charge in [0.15, 0.2) is 0 Å². The van der Waals surface area contributed by atoms with Crippen LogP contribution in [0.4, 0.5) is 4.79 Å². The van der Waals surface area contributed by atoms with E-state index in [0.29, 0.717) is 26.2 Å². The SMILES string of the molecule is O=C(O[C@@H]1CN[C@H](C(=O)N2CC[C@H](c3ccccc3)C2)[C@@H](C(=O)NO)C1)O[C@@H]1CN[C@H](C(=O)N2CC[C@H](c3ccccc3)C2)[C@@H](C(=O)NO)C1. The van der Waals surface area contributed by atoms with Crippen LogP contribution in [-0.2, 0) is 28.7 Å². The molecule has 8 atom stereocenters. The maximum absolute atomic E-state index is 13.5. The molecule has 4 fully saturated rings. The van der Waals surface area contributed by atoms with Gasteiger partial charge in [-0.1, -0.05) is 60.7 Å². The highest BCUT2D eigenvalue weighted by atomic mass is 16.7. The molecular weight excluding hydrogens is 648 g/mol. The van der Waals surface area contributed by atoms with E-state index in [-0.39, 0.29) is 49.6 Å². The number of amides is 4. The Kier molecular flexibility index (Phi) is 11.3. The summed E-state index contributed by atoms with van der Waals surface area (Å²) in [5.41, 5.74) is 5.54. The zero-order valence-electron chi connectivity index (χ0n) is 27.6. The van der Waals surface area contributed by atoms with Crippen molar-refractivity contribution in [1.82, 2.24) is 31.4 Å². The lowest BCUT2D eigenvalue weighted by Gasteiger charge is -2.37. The lowest BCUT2D eigenvalue weighted by molar-refractivity contribution is -0.146. The van der Waals surface area contributed by atoms with Gasteiger partial charge in [-0.05, 0) is 36.8 Å². The minimum atomic E-state index is -1.06. The van der Waals surface area contributed by atoms with Crippen LogP contribution in [-0.4, -0.2) is 114 Å². The summed E-state index contributed by atoms with van der Waals surface area (Å²) >= 11 is 0. The number of likely N-dealkylation sites (tertiary alicyclic amines) is 2. The molecule has 4 aliphatic heterocycles. The largest absolute Gasteiger partial charge is 0.508 e. The van der Waals surface area contributed by atoms with E-state index in [4.69, 9.17) is 9.47 Å². The quantitative estimate of drug-likeness (QED) is 0.130. The van der Waals surface area contributed by atoms with Crippen molar-refractivity contribution in [2.45, 2.75) is 61.8 Å². The number of nitrogens with zero attached hydrogens (tertiary/aromatic N) is 2. The van der Waals surface area contributed by atoms with E-state index >= 15 is 0 Å². The number of piperidine rings is 2. The molecule has 15 heteroatoms. The zero-order chi connectivity index (χ0) is 35.2. The van der Waals surface area contributed by atoms with Crippen LogP contribution in [0.3, 0.4) is 0 Å². The molecule has 50 heavy (non-hydrogen) atoms. The molecule has 2 aromatic rings. The number of hydrogen-bond donors (Lipinski definition) is 6. The van der Waals surface area contributed by atoms with Crippen molar-refractivity contribution < 1.29 is 43.9 Å². The number of nitrogens with one attached hydrogen (secondary N) is 4. The van der Waals surface area contributed by atoms with Crippen LogP contribution < -0.4 is 21.6 Å². The topological polar surface area (TPSA) is 199 Å². The first kappa shape index (κ1) is 35.3. The Morgan fingerprint density at radius 3 is 1.42 bits per heavy atom. The van der Waals surface area contributed by atoms with Gasteiger partial charge in [-0.15, -0.1) is 0 Å². The van der Waals surface area contributed by atoms with Gasteiger partial charge in [0.05, 0.1) is 23.9 Å². The molecule has 0 aromatic heterocycles. The number of carbonyl (C=O) groups is 5. The summed E-state index contributed by atoms with van der Waals surface area (Å²) in [5, 5.41) is 24.9. The van der Waals surface area contributed by atoms with E-state index in [1.54, 1.807) is 20.8 Å².